The third-order valence-electron chi connectivity index (χ3n) is 3.18. The topological polar surface area (TPSA) is 115 Å². The van der Waals surface area contributed by atoms with Crippen LogP contribution in [-0.2, 0) is 10.0 Å². The van der Waals surface area contributed by atoms with Crippen molar-refractivity contribution in [3.8, 4) is 0 Å². The van der Waals surface area contributed by atoms with E-state index in [1.807, 2.05) is 0 Å². The molecule has 0 spiro atoms. The van der Waals surface area contributed by atoms with Crippen LogP contribution in [-0.4, -0.2) is 26.9 Å². The first-order chi connectivity index (χ1) is 8.94. The molecule has 104 valence electrons. The minimum atomic E-state index is -3.67. The van der Waals surface area contributed by atoms with Gasteiger partial charge in [0.15, 0.2) is 0 Å². The number of sulfonamides is 1. The summed E-state index contributed by atoms with van der Waals surface area (Å²) < 4.78 is 27.0. The maximum atomic E-state index is 12.2. The number of hydrogen-bond acceptors (Lipinski definition) is 4. The summed E-state index contributed by atoms with van der Waals surface area (Å²) in [4.78, 5) is 11.1. The van der Waals surface area contributed by atoms with Crippen LogP contribution in [0.4, 0.5) is 0 Å². The Hall–Kier alpha value is -1.44. The number of nitrogens with two attached hydrogens (primary N) is 2. The summed E-state index contributed by atoms with van der Waals surface area (Å²) in [5.74, 6) is -0.339. The van der Waals surface area contributed by atoms with E-state index in [1.165, 1.54) is 24.3 Å². The highest BCUT2D eigenvalue weighted by Crippen LogP contribution is 2.32. The molecule has 0 saturated heterocycles. The molecule has 1 amide bonds. The molecule has 19 heavy (non-hydrogen) atoms. The zero-order chi connectivity index (χ0) is 14.0. The number of carbonyl (C=O) groups excluding carboxylic acids is 1. The lowest BCUT2D eigenvalue weighted by atomic mass is 10.2. The predicted octanol–water partition coefficient (Wildman–Crippen LogP) is -0.199. The van der Waals surface area contributed by atoms with Gasteiger partial charge in [0.05, 0.1) is 4.90 Å². The number of rotatable bonds is 6. The van der Waals surface area contributed by atoms with Crippen molar-refractivity contribution in [2.45, 2.75) is 23.8 Å². The average Bonchev–Trinajstić information content (AvgIpc) is 3.20. The fourth-order valence-electron chi connectivity index (χ4n) is 1.92. The molecule has 0 bridgehead atoms. The van der Waals surface area contributed by atoms with Crippen molar-refractivity contribution in [1.82, 2.24) is 4.72 Å². The van der Waals surface area contributed by atoms with Crippen molar-refractivity contribution in [2.75, 3.05) is 6.54 Å². The molecule has 1 unspecified atom stereocenters. The van der Waals surface area contributed by atoms with Crippen LogP contribution in [0.2, 0.25) is 0 Å². The molecule has 1 fully saturated rings. The van der Waals surface area contributed by atoms with Crippen molar-refractivity contribution in [1.29, 1.82) is 0 Å². The van der Waals surface area contributed by atoms with Gasteiger partial charge in [-0.25, -0.2) is 13.1 Å². The summed E-state index contributed by atoms with van der Waals surface area (Å²) >= 11 is 0. The number of benzene rings is 1. The molecule has 1 aromatic carbocycles. The van der Waals surface area contributed by atoms with Gasteiger partial charge < -0.3 is 11.5 Å². The van der Waals surface area contributed by atoms with E-state index in [9.17, 15) is 13.2 Å². The highest BCUT2D eigenvalue weighted by molar-refractivity contribution is 7.89. The Morgan fingerprint density at radius 2 is 2.11 bits per heavy atom. The minimum absolute atomic E-state index is 0.0305. The molecule has 0 radical (unpaired) electrons. The molecule has 1 aliphatic rings. The SMILES string of the molecule is NCC(NS(=O)(=O)c1cccc(C(N)=O)c1)C1CC1. The van der Waals surface area contributed by atoms with E-state index in [4.69, 9.17) is 11.5 Å². The number of hydrogen-bond donors (Lipinski definition) is 3. The van der Waals surface area contributed by atoms with Crippen molar-refractivity contribution in [3.63, 3.8) is 0 Å². The molecule has 7 heteroatoms. The van der Waals surface area contributed by atoms with E-state index in [0.717, 1.165) is 12.8 Å². The van der Waals surface area contributed by atoms with Gasteiger partial charge in [0.1, 0.15) is 0 Å². The second-order valence-corrected chi connectivity index (χ2v) is 6.41. The van der Waals surface area contributed by atoms with Gasteiger partial charge in [-0.15, -0.1) is 0 Å². The molecule has 0 aliphatic heterocycles. The van der Waals surface area contributed by atoms with Crippen LogP contribution in [0, 0.1) is 5.92 Å². The van der Waals surface area contributed by atoms with Gasteiger partial charge in [-0.05, 0) is 37.0 Å². The fraction of sp³-hybridized carbons (Fsp3) is 0.417. The van der Waals surface area contributed by atoms with E-state index in [2.05, 4.69) is 4.72 Å². The summed E-state index contributed by atoms with van der Waals surface area (Å²) in [6.45, 7) is 0.263. The first-order valence-electron chi connectivity index (χ1n) is 6.06. The summed E-state index contributed by atoms with van der Waals surface area (Å²) in [7, 11) is -3.67. The number of nitrogens with one attached hydrogen (secondary N) is 1. The molecular weight excluding hydrogens is 266 g/mol. The van der Waals surface area contributed by atoms with Crippen LogP contribution in [0.1, 0.15) is 23.2 Å². The number of primary amides is 1. The Balaban J connectivity index is 2.23. The third-order valence-corrected chi connectivity index (χ3v) is 4.67. The lowest BCUT2D eigenvalue weighted by molar-refractivity contribution is 0.1000. The highest BCUT2D eigenvalue weighted by Gasteiger charge is 2.33. The standard InChI is InChI=1S/C12H17N3O3S/c13-7-11(8-4-5-8)15-19(17,18)10-3-1-2-9(6-10)12(14)16/h1-3,6,8,11,15H,4-5,7,13H2,(H2,14,16). The van der Waals surface area contributed by atoms with Crippen molar-refractivity contribution >= 4 is 15.9 Å². The van der Waals surface area contributed by atoms with Gasteiger partial charge >= 0.3 is 0 Å². The molecule has 1 atom stereocenters. The number of amides is 1. The Labute approximate surface area is 112 Å². The van der Waals surface area contributed by atoms with Crippen LogP contribution < -0.4 is 16.2 Å². The van der Waals surface area contributed by atoms with Crippen LogP contribution in [0.25, 0.3) is 0 Å². The molecule has 6 nitrogen and oxygen atoms in total. The zero-order valence-corrected chi connectivity index (χ0v) is 11.2. The quantitative estimate of drug-likeness (QED) is 0.670. The van der Waals surface area contributed by atoms with Crippen molar-refractivity contribution in [2.24, 2.45) is 17.4 Å². The molecule has 2 rings (SSSR count). The second kappa shape index (κ2) is 5.28. The highest BCUT2D eigenvalue weighted by atomic mass is 32.2. The molecule has 1 aromatic rings. The van der Waals surface area contributed by atoms with Gasteiger partial charge in [-0.1, -0.05) is 6.07 Å². The maximum Gasteiger partial charge on any atom is 0.248 e. The zero-order valence-electron chi connectivity index (χ0n) is 10.4. The normalized spacial score (nSPS) is 17.1. The van der Waals surface area contributed by atoms with E-state index in [-0.39, 0.29) is 23.0 Å². The van der Waals surface area contributed by atoms with Crippen molar-refractivity contribution in [3.05, 3.63) is 29.8 Å². The summed E-state index contributed by atoms with van der Waals surface area (Å²) in [5, 5.41) is 0. The Morgan fingerprint density at radius 1 is 1.42 bits per heavy atom. The van der Waals surface area contributed by atoms with E-state index < -0.39 is 15.9 Å². The summed E-state index contributed by atoms with van der Waals surface area (Å²) in [5.41, 5.74) is 10.9. The Kier molecular flexibility index (Phi) is 3.88. The smallest absolute Gasteiger partial charge is 0.248 e. The molecule has 1 saturated carbocycles. The predicted molar refractivity (Wildman–Crippen MR) is 70.8 cm³/mol. The van der Waals surface area contributed by atoms with Gasteiger partial charge in [0, 0.05) is 18.2 Å². The molecule has 5 N–H and O–H groups in total. The minimum Gasteiger partial charge on any atom is -0.366 e. The third kappa shape index (κ3) is 3.31. The van der Waals surface area contributed by atoms with Crippen molar-refractivity contribution < 1.29 is 13.2 Å². The van der Waals surface area contributed by atoms with Gasteiger partial charge in [-0.2, -0.15) is 0 Å². The fourth-order valence-corrected chi connectivity index (χ4v) is 3.28. The largest absolute Gasteiger partial charge is 0.366 e. The monoisotopic (exact) mass is 283 g/mol. The van der Waals surface area contributed by atoms with Gasteiger partial charge in [0.2, 0.25) is 15.9 Å². The van der Waals surface area contributed by atoms with Gasteiger partial charge in [0.25, 0.3) is 0 Å². The first kappa shape index (κ1) is 14.0. The molecule has 1 aliphatic carbocycles. The molecule has 0 aromatic heterocycles. The lowest BCUT2D eigenvalue weighted by Gasteiger charge is -2.16. The van der Waals surface area contributed by atoms with E-state index in [1.54, 1.807) is 0 Å². The Bertz CT molecular complexity index is 582. The van der Waals surface area contributed by atoms with Crippen LogP contribution in [0.5, 0.6) is 0 Å². The average molecular weight is 283 g/mol. The molecule has 0 heterocycles. The van der Waals surface area contributed by atoms with Crippen LogP contribution in [0.3, 0.4) is 0 Å². The van der Waals surface area contributed by atoms with Gasteiger partial charge in [-0.3, -0.25) is 4.79 Å². The lowest BCUT2D eigenvalue weighted by Crippen LogP contribution is -2.41. The van der Waals surface area contributed by atoms with E-state index in [0.29, 0.717) is 5.92 Å². The summed E-state index contributed by atoms with van der Waals surface area (Å²) in [6.07, 6.45) is 1.98. The van der Waals surface area contributed by atoms with Crippen LogP contribution in [0.15, 0.2) is 29.2 Å². The second-order valence-electron chi connectivity index (χ2n) is 4.69. The summed E-state index contributed by atoms with van der Waals surface area (Å²) in [6, 6.07) is 5.41. The van der Waals surface area contributed by atoms with Crippen LogP contribution >= 0.6 is 0 Å². The Morgan fingerprint density at radius 3 is 2.63 bits per heavy atom. The number of carbonyl (C=O) groups is 1. The maximum absolute atomic E-state index is 12.2. The molecular formula is C12H17N3O3S. The van der Waals surface area contributed by atoms with E-state index >= 15 is 0 Å². The first-order valence-corrected chi connectivity index (χ1v) is 7.54.